The molecule has 6 rings (SSSR count). The highest BCUT2D eigenvalue weighted by Crippen LogP contribution is 2.52. The quantitative estimate of drug-likeness (QED) is 0.347. The number of aromatic nitrogens is 1. The fraction of sp³-hybridized carbons (Fsp3) is 0.387. The number of nitrogens with zero attached hydrogens (tertiary/aromatic N) is 3. The highest BCUT2D eigenvalue weighted by molar-refractivity contribution is 8.30. The molecule has 3 heterocycles. The second-order valence-electron chi connectivity index (χ2n) is 10.5. The van der Waals surface area contributed by atoms with Crippen LogP contribution in [0.2, 0.25) is 0 Å². The van der Waals surface area contributed by atoms with Crippen LogP contribution in [-0.4, -0.2) is 39.4 Å². The number of hydrogen-bond donors (Lipinski definition) is 0. The molecule has 2 unspecified atom stereocenters. The van der Waals surface area contributed by atoms with Gasteiger partial charge < -0.3 is 9.64 Å². The van der Waals surface area contributed by atoms with Crippen molar-refractivity contribution in [1.82, 2.24) is 9.47 Å². The maximum atomic E-state index is 13.5. The van der Waals surface area contributed by atoms with Crippen molar-refractivity contribution in [3.63, 3.8) is 0 Å². The third-order valence-corrected chi connectivity index (χ3v) is 10.9. The molecule has 2 fully saturated rings. The summed E-state index contributed by atoms with van der Waals surface area (Å²) in [7, 11) is 1.69. The van der Waals surface area contributed by atoms with Crippen LogP contribution >= 0.6 is 35.3 Å². The zero-order valence-electron chi connectivity index (χ0n) is 23.0. The average Bonchev–Trinajstić information content (AvgIpc) is 3.70. The van der Waals surface area contributed by atoms with Gasteiger partial charge in [-0.15, -0.1) is 11.3 Å². The van der Waals surface area contributed by atoms with Gasteiger partial charge in [-0.05, 0) is 79.8 Å². The van der Waals surface area contributed by atoms with Crippen molar-refractivity contribution in [2.45, 2.75) is 64.5 Å². The summed E-state index contributed by atoms with van der Waals surface area (Å²) in [6, 6.07) is 15.3. The van der Waals surface area contributed by atoms with Gasteiger partial charge in [0.1, 0.15) is 19.6 Å². The number of methoxy groups -OCH3 is 1. The van der Waals surface area contributed by atoms with E-state index >= 15 is 0 Å². The summed E-state index contributed by atoms with van der Waals surface area (Å²) in [6.45, 7) is 5.17. The molecule has 9 heteroatoms. The van der Waals surface area contributed by atoms with Gasteiger partial charge in [-0.2, -0.15) is 0 Å². The predicted octanol–water partition coefficient (Wildman–Crippen LogP) is 5.32. The van der Waals surface area contributed by atoms with Crippen LogP contribution in [0, 0.1) is 0 Å². The van der Waals surface area contributed by atoms with Gasteiger partial charge in [0.2, 0.25) is 0 Å². The van der Waals surface area contributed by atoms with Crippen LogP contribution in [0.25, 0.3) is 11.0 Å². The van der Waals surface area contributed by atoms with E-state index in [1.54, 1.807) is 16.6 Å². The molecule has 2 aromatic carbocycles. The summed E-state index contributed by atoms with van der Waals surface area (Å²) in [4.78, 5) is 31.4. The molecule has 3 aromatic rings. The zero-order valence-corrected chi connectivity index (χ0v) is 25.5. The molecule has 2 atom stereocenters. The molecule has 0 bridgehead atoms. The first kappa shape index (κ1) is 27.3. The van der Waals surface area contributed by atoms with Crippen molar-refractivity contribution in [3.8, 4) is 5.75 Å². The third kappa shape index (κ3) is 4.62. The topological polar surface area (TPSA) is 54.8 Å². The Kier molecular flexibility index (Phi) is 7.63. The molecule has 0 N–H and O–H groups in total. The van der Waals surface area contributed by atoms with Gasteiger partial charge in [0.15, 0.2) is 0 Å². The molecule has 1 amide bonds. The first-order chi connectivity index (χ1) is 19.4. The number of thiocarbonyl (C=S) groups is 1. The molecule has 40 heavy (non-hydrogen) atoms. The standard InChI is InChI=1S/C31H33N3O3S3/c1-4-6-16-33-29(36)27(40-31(33)38)30-32(5-2)28(35)26(39-30)18-19-10-15-25-23(17-19)22-8-7-9-24(22)34(25)20-11-13-21(37-3)14-12-20/h10-15,17-18,22,24H,4-9,16H2,1-3H3/b26-18+,30-27+. The van der Waals surface area contributed by atoms with Gasteiger partial charge in [-0.3, -0.25) is 19.1 Å². The van der Waals surface area contributed by atoms with Gasteiger partial charge in [0, 0.05) is 36.4 Å². The molecule has 1 aliphatic carbocycles. The van der Waals surface area contributed by atoms with Crippen molar-refractivity contribution in [2.75, 3.05) is 18.6 Å². The van der Waals surface area contributed by atoms with E-state index in [-0.39, 0.29) is 11.5 Å². The van der Waals surface area contributed by atoms with E-state index in [0.717, 1.165) is 24.2 Å². The zero-order chi connectivity index (χ0) is 28.0. The smallest absolute Gasteiger partial charge is 0.269 e. The number of hydrogen-bond acceptors (Lipinski definition) is 7. The summed E-state index contributed by atoms with van der Waals surface area (Å²) in [5, 5.41) is 0. The maximum Gasteiger partial charge on any atom is 0.269 e. The minimum atomic E-state index is -0.0816. The summed E-state index contributed by atoms with van der Waals surface area (Å²) in [5.74, 6) is 1.26. The van der Waals surface area contributed by atoms with Gasteiger partial charge in [-0.1, -0.05) is 49.8 Å². The number of thiazole rings is 1. The van der Waals surface area contributed by atoms with Crippen LogP contribution in [0.3, 0.4) is 0 Å². The molecule has 1 saturated heterocycles. The number of carbonyl (C=O) groups is 1. The molecule has 0 radical (unpaired) electrons. The Morgan fingerprint density at radius 1 is 1.10 bits per heavy atom. The van der Waals surface area contributed by atoms with E-state index in [1.807, 2.05) is 25.1 Å². The Morgan fingerprint density at radius 3 is 2.62 bits per heavy atom. The van der Waals surface area contributed by atoms with Crippen molar-refractivity contribution in [1.29, 1.82) is 0 Å². The van der Waals surface area contributed by atoms with Crippen LogP contribution in [0.1, 0.15) is 63.0 Å². The average molecular weight is 592 g/mol. The molecule has 1 aromatic heterocycles. The molecule has 2 aliphatic heterocycles. The summed E-state index contributed by atoms with van der Waals surface area (Å²) in [6.07, 6.45) is 7.43. The molecular formula is C31H33N3O3S3. The van der Waals surface area contributed by atoms with Crippen LogP contribution in [0.4, 0.5) is 11.4 Å². The van der Waals surface area contributed by atoms with E-state index < -0.39 is 0 Å². The number of amides is 1. The molecular weight excluding hydrogens is 559 g/mol. The van der Waals surface area contributed by atoms with Gasteiger partial charge in [0.05, 0.1) is 11.6 Å². The molecule has 0 spiro atoms. The SMILES string of the molecule is CCCCN1C(=O)/C(=c2\s/c(=C/c3ccc4c(c3)C3CCCC3N4c3ccc(OC)cc3)c(=O)n2CC)SC1=S. The molecule has 208 valence electrons. The monoisotopic (exact) mass is 591 g/mol. The number of rotatable bonds is 7. The third-order valence-electron chi connectivity index (χ3n) is 8.17. The second kappa shape index (κ2) is 11.2. The van der Waals surface area contributed by atoms with Crippen LogP contribution < -0.4 is 24.4 Å². The number of thioether (sulfide) groups is 1. The van der Waals surface area contributed by atoms with Crippen molar-refractivity contribution >= 4 is 67.9 Å². The minimum Gasteiger partial charge on any atom is -0.497 e. The van der Waals surface area contributed by atoms with E-state index in [1.165, 1.54) is 59.3 Å². The first-order valence-electron chi connectivity index (χ1n) is 14.0. The van der Waals surface area contributed by atoms with E-state index in [2.05, 4.69) is 42.2 Å². The second-order valence-corrected chi connectivity index (χ2v) is 13.1. The highest BCUT2D eigenvalue weighted by atomic mass is 32.2. The Balaban J connectivity index is 1.40. The minimum absolute atomic E-state index is 0.0552. The normalized spacial score (nSPS) is 21.9. The fourth-order valence-corrected chi connectivity index (χ4v) is 8.84. The van der Waals surface area contributed by atoms with E-state index in [9.17, 15) is 9.59 Å². The Bertz CT molecular complexity index is 1660. The van der Waals surface area contributed by atoms with Gasteiger partial charge >= 0.3 is 0 Å². The van der Waals surface area contributed by atoms with E-state index in [0.29, 0.717) is 43.5 Å². The van der Waals surface area contributed by atoms with Crippen molar-refractivity contribution in [2.24, 2.45) is 0 Å². The lowest BCUT2D eigenvalue weighted by Gasteiger charge is -2.27. The number of benzene rings is 2. The molecule has 1 saturated carbocycles. The number of anilines is 2. The lowest BCUT2D eigenvalue weighted by Crippen LogP contribution is -2.33. The van der Waals surface area contributed by atoms with E-state index in [4.69, 9.17) is 17.0 Å². The Morgan fingerprint density at radius 2 is 1.90 bits per heavy atom. The number of carbonyl (C=O) groups excluding carboxylic acids is 1. The molecule has 6 nitrogen and oxygen atoms in total. The van der Waals surface area contributed by atoms with Crippen LogP contribution in [0.15, 0.2) is 47.3 Å². The first-order valence-corrected chi connectivity index (χ1v) is 16.1. The molecule has 3 aliphatic rings. The predicted molar refractivity (Wildman–Crippen MR) is 169 cm³/mol. The van der Waals surface area contributed by atoms with Gasteiger partial charge in [0.25, 0.3) is 11.5 Å². The van der Waals surface area contributed by atoms with Gasteiger partial charge in [-0.25, -0.2) is 0 Å². The lowest BCUT2D eigenvalue weighted by molar-refractivity contribution is -0.120. The van der Waals surface area contributed by atoms with Crippen LogP contribution in [-0.2, 0) is 11.3 Å². The lowest BCUT2D eigenvalue weighted by atomic mass is 9.96. The fourth-order valence-electron chi connectivity index (χ4n) is 6.21. The number of fused-ring (bicyclic) bond motifs is 3. The Labute approximate surface area is 247 Å². The highest BCUT2D eigenvalue weighted by Gasteiger charge is 2.42. The summed E-state index contributed by atoms with van der Waals surface area (Å²) >= 11 is 8.23. The number of ether oxygens (including phenoxy) is 1. The summed E-state index contributed by atoms with van der Waals surface area (Å²) < 4.78 is 9.02. The largest absolute Gasteiger partial charge is 0.497 e. The maximum absolute atomic E-state index is 13.5. The number of unbranched alkanes of at least 4 members (excludes halogenated alkanes) is 1. The van der Waals surface area contributed by atoms with Crippen molar-refractivity contribution < 1.29 is 9.53 Å². The summed E-state index contributed by atoms with van der Waals surface area (Å²) in [5.41, 5.74) is 4.75. The van der Waals surface area contributed by atoms with Crippen molar-refractivity contribution in [3.05, 3.63) is 73.1 Å². The Hall–Kier alpha value is -2.88. The van der Waals surface area contributed by atoms with Crippen LogP contribution in [0.5, 0.6) is 5.75 Å².